The topological polar surface area (TPSA) is 92.2 Å². The van der Waals surface area contributed by atoms with Crippen molar-refractivity contribution >= 4 is 44.9 Å². The van der Waals surface area contributed by atoms with E-state index in [1.165, 1.54) is 15.5 Å². The zero-order valence-corrected chi connectivity index (χ0v) is 12.2. The van der Waals surface area contributed by atoms with Crippen molar-refractivity contribution in [3.05, 3.63) is 41.3 Å². The summed E-state index contributed by atoms with van der Waals surface area (Å²) >= 11 is 2.51. The molecule has 0 bridgehead atoms. The molecule has 2 aromatic heterocycles. The van der Waals surface area contributed by atoms with E-state index in [0.29, 0.717) is 14.5 Å². The van der Waals surface area contributed by atoms with E-state index in [1.54, 1.807) is 3.57 Å². The van der Waals surface area contributed by atoms with Gasteiger partial charge in [0, 0.05) is 0 Å². The standard InChI is InChI=1S/C11H7SSe.ClHO4/c1-2-6-10-8(4-1)9-5-3-7-13-11(9)12-10;2-1(3,4)5/h1-7H;(H,2,3,4,5)/q+1;/p-1. The van der Waals surface area contributed by atoms with E-state index >= 15 is 0 Å². The normalized spacial score (nSPS) is 11.3. The number of hydrogen-bond acceptors (Lipinski definition) is 5. The maximum absolute atomic E-state index is 8.49. The Hall–Kier alpha value is -0.561. The van der Waals surface area contributed by atoms with Gasteiger partial charge < -0.3 is 0 Å². The number of benzene rings is 1. The average molecular weight is 350 g/mol. The molecule has 0 saturated heterocycles. The minimum absolute atomic E-state index is 0.563. The number of halogens is 1. The van der Waals surface area contributed by atoms with Gasteiger partial charge in [-0.3, -0.25) is 0 Å². The van der Waals surface area contributed by atoms with E-state index in [-0.39, 0.29) is 0 Å². The summed E-state index contributed by atoms with van der Waals surface area (Å²) in [6.07, 6.45) is 0. The molecule has 94 valence electrons. The third kappa shape index (κ3) is 3.71. The van der Waals surface area contributed by atoms with Crippen molar-refractivity contribution in [3.63, 3.8) is 0 Å². The first kappa shape index (κ1) is 13.9. The fourth-order valence-corrected chi connectivity index (χ4v) is 4.88. The van der Waals surface area contributed by atoms with Crippen molar-refractivity contribution in [2.24, 2.45) is 0 Å². The van der Waals surface area contributed by atoms with Gasteiger partial charge in [-0.15, -0.1) is 10.2 Å². The van der Waals surface area contributed by atoms with Crippen LogP contribution >= 0.6 is 11.3 Å². The zero-order chi connectivity index (χ0) is 13.2. The van der Waals surface area contributed by atoms with Gasteiger partial charge in [0.15, 0.2) is 0 Å². The van der Waals surface area contributed by atoms with Gasteiger partial charge in [0.2, 0.25) is 0 Å². The molecule has 0 radical (unpaired) electrons. The molecule has 3 aromatic rings. The molecule has 0 aliphatic carbocycles. The summed E-state index contributed by atoms with van der Waals surface area (Å²) in [4.78, 5) is 2.28. The second kappa shape index (κ2) is 5.61. The van der Waals surface area contributed by atoms with Gasteiger partial charge in [0.05, 0.1) is 0 Å². The van der Waals surface area contributed by atoms with Gasteiger partial charge in [-0.2, -0.15) is 0 Å². The first-order chi connectivity index (χ1) is 8.45. The van der Waals surface area contributed by atoms with E-state index in [9.17, 15) is 0 Å². The number of hydrogen-bond donors (Lipinski definition) is 0. The molecule has 0 aliphatic heterocycles. The molecular weight excluding hydrogens is 343 g/mol. The van der Waals surface area contributed by atoms with Crippen LogP contribution in [0.2, 0.25) is 0 Å². The monoisotopic (exact) mass is 350 g/mol. The molecule has 0 fully saturated rings. The van der Waals surface area contributed by atoms with Crippen LogP contribution in [0.5, 0.6) is 0 Å². The summed E-state index contributed by atoms with van der Waals surface area (Å²) < 4.78 is 37.0. The van der Waals surface area contributed by atoms with Crippen molar-refractivity contribution in [2.45, 2.75) is 0 Å². The second-order valence-corrected chi connectivity index (χ2v) is 7.60. The molecule has 0 unspecified atom stereocenters. The molecule has 7 heteroatoms. The Morgan fingerprint density at radius 1 is 0.889 bits per heavy atom. The predicted molar refractivity (Wildman–Crippen MR) is 60.7 cm³/mol. The third-order valence-corrected chi connectivity index (χ3v) is 5.65. The summed E-state index contributed by atoms with van der Waals surface area (Å²) in [6.45, 7) is 0. The zero-order valence-electron chi connectivity index (χ0n) is 8.87. The molecule has 0 aliphatic rings. The van der Waals surface area contributed by atoms with Crippen LogP contribution in [0.1, 0.15) is 0 Å². The first-order valence-electron chi connectivity index (χ1n) is 4.75. The van der Waals surface area contributed by atoms with Crippen LogP contribution in [-0.2, 0) is 0 Å². The Morgan fingerprint density at radius 2 is 1.50 bits per heavy atom. The van der Waals surface area contributed by atoms with E-state index in [2.05, 4.69) is 41.3 Å². The summed E-state index contributed by atoms with van der Waals surface area (Å²) in [6, 6.07) is 13.1. The number of thiophene rings is 1. The van der Waals surface area contributed by atoms with E-state index in [1.807, 2.05) is 11.3 Å². The average Bonchev–Trinajstić information content (AvgIpc) is 2.65. The Balaban J connectivity index is 0.000000209. The molecular formula is C11H7ClO4SSe. The predicted octanol–water partition coefficient (Wildman–Crippen LogP) is -1.36. The van der Waals surface area contributed by atoms with Crippen LogP contribution in [-0.4, -0.2) is 14.5 Å². The summed E-state index contributed by atoms with van der Waals surface area (Å²) in [7, 11) is -4.94. The van der Waals surface area contributed by atoms with Gasteiger partial charge >= 0.3 is 86.2 Å². The molecule has 4 nitrogen and oxygen atoms in total. The van der Waals surface area contributed by atoms with Crippen LogP contribution in [0, 0.1) is 10.2 Å². The van der Waals surface area contributed by atoms with Crippen molar-refractivity contribution < 1.29 is 28.9 Å². The van der Waals surface area contributed by atoms with Crippen molar-refractivity contribution in [2.75, 3.05) is 0 Å². The van der Waals surface area contributed by atoms with Crippen molar-refractivity contribution in [1.82, 2.24) is 0 Å². The van der Waals surface area contributed by atoms with Crippen molar-refractivity contribution in [1.29, 1.82) is 0 Å². The molecule has 0 N–H and O–H groups in total. The van der Waals surface area contributed by atoms with Gasteiger partial charge in [0.25, 0.3) is 0 Å². The SMILES string of the molecule is [O-][Cl+3]([O-])([O-])[O-].c1ccc2c(c1)sc1[se+]cccc12. The van der Waals surface area contributed by atoms with E-state index < -0.39 is 10.2 Å². The minimum atomic E-state index is -4.94. The van der Waals surface area contributed by atoms with Gasteiger partial charge in [0.1, 0.15) is 0 Å². The maximum atomic E-state index is 8.49. The Morgan fingerprint density at radius 3 is 2.22 bits per heavy atom. The fourth-order valence-electron chi connectivity index (χ4n) is 1.52. The second-order valence-electron chi connectivity index (χ2n) is 3.29. The van der Waals surface area contributed by atoms with Crippen LogP contribution in [0.15, 0.2) is 41.3 Å². The summed E-state index contributed by atoms with van der Waals surface area (Å²) in [5, 5.41) is 2.89. The fraction of sp³-hybridized carbons (Fsp3) is 0. The van der Waals surface area contributed by atoms with E-state index in [4.69, 9.17) is 18.6 Å². The molecule has 2 heterocycles. The summed E-state index contributed by atoms with van der Waals surface area (Å²) in [5.41, 5.74) is 0. The van der Waals surface area contributed by atoms with E-state index in [0.717, 1.165) is 0 Å². The molecule has 0 amide bonds. The Labute approximate surface area is 115 Å². The van der Waals surface area contributed by atoms with Gasteiger partial charge in [-0.05, 0) is 0 Å². The summed E-state index contributed by atoms with van der Waals surface area (Å²) in [5.74, 6) is 0. The third-order valence-electron chi connectivity index (χ3n) is 2.12. The number of rotatable bonds is 0. The first-order valence-corrected chi connectivity index (χ1v) is 8.64. The molecule has 1 aromatic carbocycles. The molecule has 3 rings (SSSR count). The molecule has 18 heavy (non-hydrogen) atoms. The van der Waals surface area contributed by atoms with Crippen LogP contribution < -0.4 is 18.6 Å². The Bertz CT molecular complexity index is 608. The van der Waals surface area contributed by atoms with Crippen molar-refractivity contribution in [3.8, 4) is 0 Å². The van der Waals surface area contributed by atoms with Crippen LogP contribution in [0.3, 0.4) is 0 Å². The molecule has 0 atom stereocenters. The van der Waals surface area contributed by atoms with Gasteiger partial charge in [-0.25, -0.2) is 18.6 Å². The Kier molecular flexibility index (Phi) is 4.32. The van der Waals surface area contributed by atoms with Crippen LogP contribution in [0.25, 0.3) is 19.0 Å². The molecule has 0 spiro atoms. The number of fused-ring (bicyclic) bond motifs is 3. The van der Waals surface area contributed by atoms with Gasteiger partial charge in [-0.1, -0.05) is 0 Å². The molecule has 0 saturated carbocycles. The van der Waals surface area contributed by atoms with Crippen LogP contribution in [0.4, 0.5) is 0 Å². The quantitative estimate of drug-likeness (QED) is 0.468.